The van der Waals surface area contributed by atoms with Crippen LogP contribution in [0.4, 0.5) is 4.39 Å². The largest absolute Gasteiger partial charge is 0.507 e. The second-order valence-electron chi connectivity index (χ2n) is 7.75. The van der Waals surface area contributed by atoms with Gasteiger partial charge in [-0.3, -0.25) is 9.59 Å². The van der Waals surface area contributed by atoms with Crippen LogP contribution in [0.25, 0.3) is 5.76 Å². The van der Waals surface area contributed by atoms with Gasteiger partial charge in [-0.2, -0.15) is 0 Å². The fraction of sp³-hybridized carbons (Fsp3) is 0.333. The summed E-state index contributed by atoms with van der Waals surface area (Å²) in [6.07, 6.45) is -0.0522. The molecule has 1 saturated heterocycles. The first-order valence-corrected chi connectivity index (χ1v) is 9.94. The Kier molecular flexibility index (Phi) is 6.37. The van der Waals surface area contributed by atoms with E-state index in [0.29, 0.717) is 5.56 Å². The number of likely N-dealkylation sites (tertiary alicyclic amines) is 1. The summed E-state index contributed by atoms with van der Waals surface area (Å²) in [5.74, 6) is -2.45. The fourth-order valence-corrected chi connectivity index (χ4v) is 3.65. The molecule has 1 heterocycles. The van der Waals surface area contributed by atoms with Crippen LogP contribution in [-0.2, 0) is 14.3 Å². The van der Waals surface area contributed by atoms with E-state index in [1.165, 1.54) is 23.1 Å². The lowest BCUT2D eigenvalue weighted by molar-refractivity contribution is -0.140. The third kappa shape index (κ3) is 4.14. The van der Waals surface area contributed by atoms with Crippen molar-refractivity contribution in [2.24, 2.45) is 0 Å². The summed E-state index contributed by atoms with van der Waals surface area (Å²) in [6, 6.07) is 10.4. The van der Waals surface area contributed by atoms with Gasteiger partial charge in [-0.25, -0.2) is 4.39 Å². The number of carbonyl (C=O) groups excluding carboxylic acids is 2. The first-order chi connectivity index (χ1) is 14.2. The lowest BCUT2D eigenvalue weighted by atomic mass is 9.93. The van der Waals surface area contributed by atoms with E-state index in [-0.39, 0.29) is 36.2 Å². The van der Waals surface area contributed by atoms with E-state index in [1.807, 2.05) is 32.9 Å². The van der Waals surface area contributed by atoms with Crippen LogP contribution in [0, 0.1) is 19.7 Å². The molecular formula is C24H26FNO4. The average Bonchev–Trinajstić information content (AvgIpc) is 2.94. The quantitative estimate of drug-likeness (QED) is 0.438. The molecule has 30 heavy (non-hydrogen) atoms. The van der Waals surface area contributed by atoms with Gasteiger partial charge in [0.2, 0.25) is 0 Å². The van der Waals surface area contributed by atoms with E-state index in [1.54, 1.807) is 19.1 Å². The van der Waals surface area contributed by atoms with Crippen molar-refractivity contribution in [3.8, 4) is 0 Å². The molecule has 0 radical (unpaired) electrons. The van der Waals surface area contributed by atoms with E-state index in [2.05, 4.69) is 0 Å². The molecule has 0 aliphatic carbocycles. The molecule has 0 aromatic heterocycles. The van der Waals surface area contributed by atoms with Crippen LogP contribution in [-0.4, -0.2) is 41.0 Å². The molecule has 1 N–H and O–H groups in total. The lowest BCUT2D eigenvalue weighted by Crippen LogP contribution is -2.33. The highest BCUT2D eigenvalue weighted by Crippen LogP contribution is 2.40. The highest BCUT2D eigenvalue weighted by molar-refractivity contribution is 6.46. The molecule has 1 amide bonds. The Hall–Kier alpha value is -2.99. The molecular weight excluding hydrogens is 385 g/mol. The first-order valence-electron chi connectivity index (χ1n) is 9.94. The number of amides is 1. The smallest absolute Gasteiger partial charge is 0.295 e. The number of halogens is 1. The molecule has 1 fully saturated rings. The second-order valence-corrected chi connectivity index (χ2v) is 7.75. The van der Waals surface area contributed by atoms with Gasteiger partial charge in [-0.1, -0.05) is 35.9 Å². The number of benzene rings is 2. The molecule has 1 atom stereocenters. The van der Waals surface area contributed by atoms with E-state index < -0.39 is 23.5 Å². The number of nitrogens with zero attached hydrogens (tertiary/aromatic N) is 1. The van der Waals surface area contributed by atoms with E-state index in [4.69, 9.17) is 4.74 Å². The lowest BCUT2D eigenvalue weighted by Gasteiger charge is -2.26. The molecule has 0 spiro atoms. The van der Waals surface area contributed by atoms with Gasteiger partial charge in [0.25, 0.3) is 11.7 Å². The first kappa shape index (κ1) is 21.7. The summed E-state index contributed by atoms with van der Waals surface area (Å²) >= 11 is 0. The zero-order valence-corrected chi connectivity index (χ0v) is 17.6. The molecule has 158 valence electrons. The number of aryl methyl sites for hydroxylation is 2. The maximum atomic E-state index is 14.7. The van der Waals surface area contributed by atoms with Gasteiger partial charge >= 0.3 is 0 Å². The van der Waals surface area contributed by atoms with Crippen LogP contribution in [0.2, 0.25) is 0 Å². The highest BCUT2D eigenvalue weighted by atomic mass is 19.1. The number of rotatable bonds is 6. The Bertz CT molecular complexity index is 1010. The van der Waals surface area contributed by atoms with Crippen molar-refractivity contribution >= 4 is 17.4 Å². The molecule has 1 aliphatic rings. The van der Waals surface area contributed by atoms with Crippen LogP contribution < -0.4 is 0 Å². The molecule has 2 aromatic carbocycles. The van der Waals surface area contributed by atoms with Gasteiger partial charge < -0.3 is 14.7 Å². The molecule has 2 aromatic rings. The van der Waals surface area contributed by atoms with Crippen LogP contribution >= 0.6 is 0 Å². The van der Waals surface area contributed by atoms with Gasteiger partial charge in [-0.05, 0) is 45.4 Å². The molecule has 0 saturated carbocycles. The average molecular weight is 411 g/mol. The molecule has 5 nitrogen and oxygen atoms in total. The van der Waals surface area contributed by atoms with Crippen LogP contribution in [0.5, 0.6) is 0 Å². The SMILES string of the molecule is Cc1ccc(C)c(/C(O)=C2\C(=O)C(=O)N(CCOC(C)C)C2c2ccccc2F)c1. The minimum Gasteiger partial charge on any atom is -0.507 e. The number of aliphatic hydroxyl groups excluding tert-OH is 1. The summed E-state index contributed by atoms with van der Waals surface area (Å²) in [5, 5.41) is 11.1. The standard InChI is InChI=1S/C24H26FNO4/c1-14(2)30-12-11-26-21(17-7-5-6-8-19(17)25)20(23(28)24(26)29)22(27)18-13-15(3)9-10-16(18)4/h5-10,13-14,21,27H,11-12H2,1-4H3/b22-20+. The summed E-state index contributed by atoms with van der Waals surface area (Å²) in [4.78, 5) is 27.1. The van der Waals surface area contributed by atoms with Crippen molar-refractivity contribution < 1.29 is 23.8 Å². The number of Topliss-reactive ketones (excluding diaryl/α,β-unsaturated/α-hetero) is 1. The third-order valence-electron chi connectivity index (χ3n) is 5.17. The van der Waals surface area contributed by atoms with Crippen molar-refractivity contribution in [1.82, 2.24) is 4.90 Å². The van der Waals surface area contributed by atoms with Gasteiger partial charge in [0.1, 0.15) is 11.6 Å². The summed E-state index contributed by atoms with van der Waals surface area (Å²) in [7, 11) is 0. The van der Waals surface area contributed by atoms with E-state index in [9.17, 15) is 19.1 Å². The zero-order valence-electron chi connectivity index (χ0n) is 17.6. The molecule has 6 heteroatoms. The number of ether oxygens (including phenoxy) is 1. The molecule has 3 rings (SSSR count). The topological polar surface area (TPSA) is 66.8 Å². The van der Waals surface area contributed by atoms with Crippen LogP contribution in [0.1, 0.15) is 42.1 Å². The Balaban J connectivity index is 2.16. The normalized spacial score (nSPS) is 18.5. The number of hydrogen-bond donors (Lipinski definition) is 1. The minimum atomic E-state index is -1.03. The predicted octanol–water partition coefficient (Wildman–Crippen LogP) is 4.29. The van der Waals surface area contributed by atoms with Crippen molar-refractivity contribution in [3.05, 3.63) is 76.1 Å². The maximum absolute atomic E-state index is 14.7. The summed E-state index contributed by atoms with van der Waals surface area (Å²) in [5.41, 5.74) is 2.15. The fourth-order valence-electron chi connectivity index (χ4n) is 3.65. The molecule has 0 bridgehead atoms. The Morgan fingerprint density at radius 2 is 1.87 bits per heavy atom. The van der Waals surface area contributed by atoms with Crippen molar-refractivity contribution in [2.45, 2.75) is 39.8 Å². The summed E-state index contributed by atoms with van der Waals surface area (Å²) in [6.45, 7) is 7.70. The zero-order chi connectivity index (χ0) is 22.0. The number of aliphatic hydroxyl groups is 1. The number of carbonyl (C=O) groups is 2. The third-order valence-corrected chi connectivity index (χ3v) is 5.17. The Morgan fingerprint density at radius 1 is 1.17 bits per heavy atom. The van der Waals surface area contributed by atoms with Crippen LogP contribution in [0.3, 0.4) is 0 Å². The van der Waals surface area contributed by atoms with Gasteiger partial charge in [0.05, 0.1) is 24.3 Å². The molecule has 1 unspecified atom stereocenters. The van der Waals surface area contributed by atoms with Crippen molar-refractivity contribution in [2.75, 3.05) is 13.2 Å². The highest BCUT2D eigenvalue weighted by Gasteiger charge is 2.46. The van der Waals surface area contributed by atoms with E-state index >= 15 is 0 Å². The Labute approximate surface area is 175 Å². The van der Waals surface area contributed by atoms with Crippen LogP contribution in [0.15, 0.2) is 48.0 Å². The number of ketones is 1. The number of hydrogen-bond acceptors (Lipinski definition) is 4. The Morgan fingerprint density at radius 3 is 2.53 bits per heavy atom. The predicted molar refractivity (Wildman–Crippen MR) is 112 cm³/mol. The minimum absolute atomic E-state index is 0.0522. The van der Waals surface area contributed by atoms with Gasteiger partial charge in [0.15, 0.2) is 0 Å². The second kappa shape index (κ2) is 8.79. The van der Waals surface area contributed by atoms with E-state index in [0.717, 1.165) is 11.1 Å². The van der Waals surface area contributed by atoms with Gasteiger partial charge in [-0.15, -0.1) is 0 Å². The monoisotopic (exact) mass is 411 g/mol. The molecule has 1 aliphatic heterocycles. The maximum Gasteiger partial charge on any atom is 0.295 e. The van der Waals surface area contributed by atoms with Crippen molar-refractivity contribution in [3.63, 3.8) is 0 Å². The van der Waals surface area contributed by atoms with Crippen molar-refractivity contribution in [1.29, 1.82) is 0 Å². The summed E-state index contributed by atoms with van der Waals surface area (Å²) < 4.78 is 20.3. The van der Waals surface area contributed by atoms with Gasteiger partial charge in [0, 0.05) is 17.7 Å².